The van der Waals surface area contributed by atoms with Gasteiger partial charge < -0.3 is 5.32 Å². The van der Waals surface area contributed by atoms with E-state index in [2.05, 4.69) is 13.8 Å². The van der Waals surface area contributed by atoms with Gasteiger partial charge in [-0.15, -0.1) is 0 Å². The van der Waals surface area contributed by atoms with Gasteiger partial charge in [-0.2, -0.15) is 13.1 Å². The second-order valence-electron chi connectivity index (χ2n) is 4.40. The number of carbonyl (C=O) groups excluding carboxylic acids is 1. The smallest absolute Gasteiger partial charge is 0.328 e. The zero-order valence-corrected chi connectivity index (χ0v) is 13.7. The minimum atomic E-state index is -4.21. The largest absolute Gasteiger partial charge is 0.355 e. The maximum Gasteiger partial charge on any atom is 0.328 e. The molecule has 0 radical (unpaired) electrons. The Morgan fingerprint density at radius 1 is 1.24 bits per heavy atom. The number of hydrogen-bond donors (Lipinski definition) is 2. The molecule has 1 rings (SSSR count). The molecule has 2 N–H and O–H groups in total. The molecule has 9 heteroatoms. The van der Waals surface area contributed by atoms with Crippen LogP contribution < -0.4 is 10.0 Å². The van der Waals surface area contributed by atoms with Gasteiger partial charge in [-0.05, 0) is 26.0 Å². The van der Waals surface area contributed by atoms with E-state index in [-0.39, 0.29) is 0 Å². The second-order valence-corrected chi connectivity index (χ2v) is 8.26. The Hall–Kier alpha value is -1.45. The van der Waals surface area contributed by atoms with Gasteiger partial charge in [0.05, 0.1) is 15.8 Å². The van der Waals surface area contributed by atoms with E-state index in [9.17, 15) is 17.4 Å². The molecule has 1 aromatic rings. The summed E-state index contributed by atoms with van der Waals surface area (Å²) in [4.78, 5) is 11.8. The van der Waals surface area contributed by atoms with Gasteiger partial charge >= 0.3 is 10.2 Å². The fourth-order valence-corrected chi connectivity index (χ4v) is 4.76. The number of carbonyl (C=O) groups is 1. The zero-order valence-electron chi connectivity index (χ0n) is 12.1. The van der Waals surface area contributed by atoms with Crippen LogP contribution in [0.2, 0.25) is 0 Å². The molecule has 0 aromatic heterocycles. The second kappa shape index (κ2) is 7.01. The number of hydrogen-bond acceptors (Lipinski definition) is 4. The first-order chi connectivity index (χ1) is 9.68. The first kappa shape index (κ1) is 17.6. The van der Waals surface area contributed by atoms with Crippen molar-refractivity contribution >= 4 is 25.8 Å². The van der Waals surface area contributed by atoms with Gasteiger partial charge in [0.15, 0.2) is 0 Å². The summed E-state index contributed by atoms with van der Waals surface area (Å²) in [5.41, 5.74) is 0. The third-order valence-electron chi connectivity index (χ3n) is 2.49. The SMILES string of the molecule is CCNC(=O)[C@@H](C)NS(=O)(=O)N=[S@@](C)(=O)c1ccccc1. The summed E-state index contributed by atoms with van der Waals surface area (Å²) in [5, 5.41) is 2.48. The molecule has 7 nitrogen and oxygen atoms in total. The molecule has 0 bridgehead atoms. The van der Waals surface area contributed by atoms with E-state index in [0.717, 1.165) is 0 Å². The molecule has 0 saturated heterocycles. The molecular weight excluding hydrogens is 314 g/mol. The van der Waals surface area contributed by atoms with Crippen molar-refractivity contribution in [3.8, 4) is 0 Å². The van der Waals surface area contributed by atoms with Crippen molar-refractivity contribution in [2.75, 3.05) is 12.8 Å². The zero-order chi connectivity index (χ0) is 16.1. The van der Waals surface area contributed by atoms with Crippen LogP contribution in [-0.4, -0.2) is 37.4 Å². The molecular formula is C12H19N3O4S2. The van der Waals surface area contributed by atoms with Crippen molar-refractivity contribution in [3.63, 3.8) is 0 Å². The van der Waals surface area contributed by atoms with E-state index in [1.165, 1.54) is 25.3 Å². The maximum absolute atomic E-state index is 12.4. The highest BCUT2D eigenvalue weighted by molar-refractivity contribution is 8.02. The number of nitrogens with one attached hydrogen (secondary N) is 2. The molecule has 0 aliphatic heterocycles. The molecule has 0 unspecified atom stereocenters. The van der Waals surface area contributed by atoms with Gasteiger partial charge in [0, 0.05) is 17.7 Å². The van der Waals surface area contributed by atoms with Crippen LogP contribution in [0.3, 0.4) is 0 Å². The fourth-order valence-electron chi connectivity index (χ4n) is 1.53. The summed E-state index contributed by atoms with van der Waals surface area (Å²) in [6.07, 6.45) is 1.23. The summed E-state index contributed by atoms with van der Waals surface area (Å²) in [7, 11) is -7.32. The Labute approximate surface area is 125 Å². The number of likely N-dealkylation sites (N-methyl/N-ethyl adjacent to an activating group) is 1. The van der Waals surface area contributed by atoms with E-state index in [1.807, 2.05) is 0 Å². The molecule has 0 fully saturated rings. The monoisotopic (exact) mass is 333 g/mol. The molecule has 0 aliphatic rings. The molecule has 0 aliphatic carbocycles. The van der Waals surface area contributed by atoms with Crippen molar-refractivity contribution in [3.05, 3.63) is 30.3 Å². The third kappa shape index (κ3) is 5.44. The van der Waals surface area contributed by atoms with Crippen molar-refractivity contribution in [2.24, 2.45) is 3.77 Å². The predicted octanol–water partition coefficient (Wildman–Crippen LogP) is 0.502. The lowest BCUT2D eigenvalue weighted by Gasteiger charge is -2.12. The molecule has 0 saturated carbocycles. The lowest BCUT2D eigenvalue weighted by molar-refractivity contribution is -0.122. The van der Waals surface area contributed by atoms with Crippen LogP contribution in [0.1, 0.15) is 13.8 Å². The van der Waals surface area contributed by atoms with E-state index >= 15 is 0 Å². The average molecular weight is 333 g/mol. The summed E-state index contributed by atoms with van der Waals surface area (Å²) >= 11 is 0. The molecule has 2 atom stereocenters. The minimum absolute atomic E-state index is 0.307. The van der Waals surface area contributed by atoms with E-state index in [4.69, 9.17) is 0 Å². The lowest BCUT2D eigenvalue weighted by atomic mass is 10.3. The summed E-state index contributed by atoms with van der Waals surface area (Å²) in [6.45, 7) is 3.49. The Balaban J connectivity index is 3.02. The predicted molar refractivity (Wildman–Crippen MR) is 81.4 cm³/mol. The number of nitrogens with zero attached hydrogens (tertiary/aromatic N) is 1. The first-order valence-electron chi connectivity index (χ1n) is 6.26. The van der Waals surface area contributed by atoms with Crippen LogP contribution in [0.15, 0.2) is 39.0 Å². The topological polar surface area (TPSA) is 105 Å². The quantitative estimate of drug-likeness (QED) is 0.791. The summed E-state index contributed by atoms with van der Waals surface area (Å²) in [6, 6.07) is 7.09. The van der Waals surface area contributed by atoms with Gasteiger partial charge in [0.1, 0.15) is 0 Å². The highest BCUT2D eigenvalue weighted by Crippen LogP contribution is 2.12. The number of rotatable bonds is 6. The van der Waals surface area contributed by atoms with Crippen LogP contribution in [-0.2, 0) is 24.7 Å². The molecule has 21 heavy (non-hydrogen) atoms. The Morgan fingerprint density at radius 3 is 2.33 bits per heavy atom. The Kier molecular flexibility index (Phi) is 5.87. The molecule has 0 heterocycles. The summed E-state index contributed by atoms with van der Waals surface area (Å²) < 4.78 is 41.7. The molecule has 1 amide bonds. The van der Waals surface area contributed by atoms with E-state index in [0.29, 0.717) is 11.4 Å². The summed E-state index contributed by atoms with van der Waals surface area (Å²) in [5.74, 6) is -0.474. The Morgan fingerprint density at radius 2 is 1.81 bits per heavy atom. The standard InChI is InChI=1S/C12H19N3O4S2/c1-4-13-12(16)10(2)14-21(18,19)15-20(3,17)11-8-6-5-7-9-11/h5-10,14H,4H2,1-3H3,(H,13,16)/t10-,20+/m1/s1. The lowest BCUT2D eigenvalue weighted by Crippen LogP contribution is -2.44. The molecule has 1 aromatic carbocycles. The first-order valence-corrected chi connectivity index (χ1v) is 9.63. The van der Waals surface area contributed by atoms with Crippen molar-refractivity contribution in [2.45, 2.75) is 24.8 Å². The van der Waals surface area contributed by atoms with Crippen LogP contribution in [0.25, 0.3) is 0 Å². The van der Waals surface area contributed by atoms with Crippen LogP contribution in [0.4, 0.5) is 0 Å². The fraction of sp³-hybridized carbons (Fsp3) is 0.417. The van der Waals surface area contributed by atoms with E-state index in [1.54, 1.807) is 25.1 Å². The number of amides is 1. The highest BCUT2D eigenvalue weighted by atomic mass is 32.3. The van der Waals surface area contributed by atoms with E-state index < -0.39 is 31.9 Å². The molecule has 118 valence electrons. The van der Waals surface area contributed by atoms with Crippen molar-refractivity contribution in [1.29, 1.82) is 0 Å². The normalized spacial score (nSPS) is 15.8. The van der Waals surface area contributed by atoms with Crippen molar-refractivity contribution < 1.29 is 17.4 Å². The highest BCUT2D eigenvalue weighted by Gasteiger charge is 2.21. The van der Waals surface area contributed by atoms with Gasteiger partial charge in [-0.1, -0.05) is 22.0 Å². The third-order valence-corrected chi connectivity index (χ3v) is 6.21. The van der Waals surface area contributed by atoms with Crippen LogP contribution >= 0.6 is 0 Å². The van der Waals surface area contributed by atoms with Gasteiger partial charge in [0.2, 0.25) is 5.91 Å². The van der Waals surface area contributed by atoms with Crippen LogP contribution in [0, 0.1) is 0 Å². The maximum atomic E-state index is 12.4. The minimum Gasteiger partial charge on any atom is -0.355 e. The van der Waals surface area contributed by atoms with Gasteiger partial charge in [-0.3, -0.25) is 4.79 Å². The van der Waals surface area contributed by atoms with Crippen molar-refractivity contribution in [1.82, 2.24) is 10.0 Å². The van der Waals surface area contributed by atoms with Gasteiger partial charge in [0.25, 0.3) is 0 Å². The Bertz CT molecular complexity index is 707. The van der Waals surface area contributed by atoms with Crippen LogP contribution in [0.5, 0.6) is 0 Å². The van der Waals surface area contributed by atoms with Gasteiger partial charge in [-0.25, -0.2) is 4.21 Å². The molecule has 0 spiro atoms. The average Bonchev–Trinajstić information content (AvgIpc) is 2.38. The number of benzene rings is 1.